The molecule has 106 valence electrons. The molecule has 0 saturated carbocycles. The van der Waals surface area contributed by atoms with Crippen LogP contribution in [0.2, 0.25) is 10.0 Å². The van der Waals surface area contributed by atoms with E-state index in [1.54, 1.807) is 6.07 Å². The second-order valence-corrected chi connectivity index (χ2v) is 5.39. The van der Waals surface area contributed by atoms with Crippen molar-refractivity contribution in [1.82, 2.24) is 5.32 Å². The quantitative estimate of drug-likeness (QED) is 0.817. The maximum atomic E-state index is 13.6. The minimum Gasteiger partial charge on any atom is -0.310 e. The van der Waals surface area contributed by atoms with Crippen LogP contribution in [0.1, 0.15) is 24.1 Å². The fourth-order valence-corrected chi connectivity index (χ4v) is 2.50. The van der Waals surface area contributed by atoms with Crippen LogP contribution in [0.4, 0.5) is 4.39 Å². The van der Waals surface area contributed by atoms with Crippen molar-refractivity contribution < 1.29 is 4.39 Å². The van der Waals surface area contributed by atoms with Crippen LogP contribution in [0.5, 0.6) is 0 Å². The summed E-state index contributed by atoms with van der Waals surface area (Å²) in [5, 5.41) is 4.22. The van der Waals surface area contributed by atoms with E-state index >= 15 is 0 Å². The van der Waals surface area contributed by atoms with Crippen molar-refractivity contribution in [2.75, 3.05) is 6.54 Å². The van der Waals surface area contributed by atoms with Crippen molar-refractivity contribution in [3.8, 4) is 0 Å². The third-order valence-electron chi connectivity index (χ3n) is 3.18. The third kappa shape index (κ3) is 3.72. The molecule has 0 fully saturated rings. The zero-order valence-electron chi connectivity index (χ0n) is 11.2. The van der Waals surface area contributed by atoms with Crippen molar-refractivity contribution in [3.63, 3.8) is 0 Å². The van der Waals surface area contributed by atoms with Gasteiger partial charge in [-0.2, -0.15) is 0 Å². The molecule has 2 aromatic rings. The molecule has 0 aromatic heterocycles. The van der Waals surface area contributed by atoms with E-state index in [1.165, 1.54) is 6.07 Å². The van der Waals surface area contributed by atoms with Crippen molar-refractivity contribution in [1.29, 1.82) is 0 Å². The average molecular weight is 312 g/mol. The maximum Gasteiger partial charge on any atom is 0.142 e. The van der Waals surface area contributed by atoms with Crippen LogP contribution in [0, 0.1) is 5.82 Å². The van der Waals surface area contributed by atoms with Crippen molar-refractivity contribution in [2.24, 2.45) is 0 Å². The lowest BCUT2D eigenvalue weighted by atomic mass is 9.98. The molecule has 1 nitrogen and oxygen atoms in total. The number of halogens is 3. The van der Waals surface area contributed by atoms with Gasteiger partial charge >= 0.3 is 0 Å². The number of benzene rings is 2. The highest BCUT2D eigenvalue weighted by Gasteiger charge is 2.14. The molecule has 1 atom stereocenters. The monoisotopic (exact) mass is 311 g/mol. The summed E-state index contributed by atoms with van der Waals surface area (Å²) >= 11 is 11.9. The Morgan fingerprint density at radius 1 is 1.10 bits per heavy atom. The number of hydrogen-bond acceptors (Lipinski definition) is 1. The molecule has 0 spiro atoms. The molecule has 20 heavy (non-hydrogen) atoms. The van der Waals surface area contributed by atoms with Gasteiger partial charge in [0.05, 0.1) is 5.02 Å². The van der Waals surface area contributed by atoms with Gasteiger partial charge in [-0.25, -0.2) is 4.39 Å². The molecule has 2 rings (SSSR count). The Morgan fingerprint density at radius 3 is 2.50 bits per heavy atom. The average Bonchev–Trinajstić information content (AvgIpc) is 2.44. The second kappa shape index (κ2) is 7.07. The van der Waals surface area contributed by atoms with E-state index in [1.807, 2.05) is 37.3 Å². The highest BCUT2D eigenvalue weighted by molar-refractivity contribution is 6.31. The van der Waals surface area contributed by atoms with Gasteiger partial charge in [-0.15, -0.1) is 0 Å². The van der Waals surface area contributed by atoms with Gasteiger partial charge in [0.15, 0.2) is 0 Å². The molecule has 0 heterocycles. The summed E-state index contributed by atoms with van der Waals surface area (Å²) in [6, 6.07) is 12.6. The smallest absolute Gasteiger partial charge is 0.142 e. The van der Waals surface area contributed by atoms with Gasteiger partial charge < -0.3 is 5.32 Å². The summed E-state index contributed by atoms with van der Waals surface area (Å²) in [6.45, 7) is 2.81. The van der Waals surface area contributed by atoms with Crippen LogP contribution >= 0.6 is 23.2 Å². The van der Waals surface area contributed by atoms with Gasteiger partial charge in [-0.3, -0.25) is 0 Å². The summed E-state index contributed by atoms with van der Waals surface area (Å²) in [6.07, 6.45) is 0.703. The molecule has 0 saturated heterocycles. The zero-order valence-corrected chi connectivity index (χ0v) is 12.7. The summed E-state index contributed by atoms with van der Waals surface area (Å²) in [5.41, 5.74) is 1.91. The van der Waals surface area contributed by atoms with Crippen molar-refractivity contribution in [2.45, 2.75) is 19.4 Å². The van der Waals surface area contributed by atoms with Crippen LogP contribution in [0.15, 0.2) is 42.5 Å². The first-order valence-corrected chi connectivity index (χ1v) is 7.29. The summed E-state index contributed by atoms with van der Waals surface area (Å²) in [4.78, 5) is 0. The Balaban J connectivity index is 2.27. The Bertz CT molecular complexity index is 586. The van der Waals surface area contributed by atoms with Crippen LogP contribution in [0.25, 0.3) is 0 Å². The predicted molar refractivity (Wildman–Crippen MR) is 83.0 cm³/mol. The first-order chi connectivity index (χ1) is 9.61. The van der Waals surface area contributed by atoms with E-state index in [9.17, 15) is 4.39 Å². The lowest BCUT2D eigenvalue weighted by Gasteiger charge is -2.19. The van der Waals surface area contributed by atoms with Gasteiger partial charge in [0.25, 0.3) is 0 Å². The van der Waals surface area contributed by atoms with Gasteiger partial charge in [0.2, 0.25) is 0 Å². The molecular weight excluding hydrogens is 296 g/mol. The largest absolute Gasteiger partial charge is 0.310 e. The predicted octanol–water partition coefficient (Wildman–Crippen LogP) is 5.03. The maximum absolute atomic E-state index is 13.6. The highest BCUT2D eigenvalue weighted by Crippen LogP contribution is 2.25. The molecule has 0 amide bonds. The molecule has 0 aliphatic carbocycles. The summed E-state index contributed by atoms with van der Waals surface area (Å²) in [5.74, 6) is -0.397. The second-order valence-electron chi connectivity index (χ2n) is 4.58. The Hall–Kier alpha value is -1.09. The fraction of sp³-hybridized carbons (Fsp3) is 0.250. The molecule has 4 heteroatoms. The minimum absolute atomic E-state index is 0.00617. The van der Waals surface area contributed by atoms with E-state index in [-0.39, 0.29) is 11.1 Å². The van der Waals surface area contributed by atoms with E-state index in [0.717, 1.165) is 22.7 Å². The third-order valence-corrected chi connectivity index (χ3v) is 3.85. The molecule has 0 radical (unpaired) electrons. The zero-order chi connectivity index (χ0) is 14.5. The van der Waals surface area contributed by atoms with E-state index in [2.05, 4.69) is 5.32 Å². The number of likely N-dealkylation sites (N-methyl/N-ethyl adjacent to an activating group) is 1. The molecule has 1 unspecified atom stereocenters. The molecule has 0 bridgehead atoms. The highest BCUT2D eigenvalue weighted by atomic mass is 35.5. The number of rotatable bonds is 5. The molecule has 0 aliphatic heterocycles. The molecule has 1 N–H and O–H groups in total. The first kappa shape index (κ1) is 15.3. The fourth-order valence-electron chi connectivity index (χ4n) is 2.17. The molecular formula is C16H16Cl2FN. The van der Waals surface area contributed by atoms with Crippen LogP contribution < -0.4 is 5.32 Å². The lowest BCUT2D eigenvalue weighted by Crippen LogP contribution is -2.23. The van der Waals surface area contributed by atoms with Gasteiger partial charge in [-0.05, 0) is 42.3 Å². The van der Waals surface area contributed by atoms with E-state index in [4.69, 9.17) is 23.2 Å². The van der Waals surface area contributed by atoms with Crippen molar-refractivity contribution in [3.05, 3.63) is 69.5 Å². The molecule has 2 aromatic carbocycles. The Kier molecular flexibility index (Phi) is 5.41. The Labute approximate surface area is 128 Å². The van der Waals surface area contributed by atoms with Crippen LogP contribution in [-0.2, 0) is 6.42 Å². The van der Waals surface area contributed by atoms with E-state index in [0.29, 0.717) is 6.42 Å². The summed E-state index contributed by atoms with van der Waals surface area (Å²) < 4.78 is 13.6. The number of hydrogen-bond donors (Lipinski definition) is 1. The lowest BCUT2D eigenvalue weighted by molar-refractivity contribution is 0.543. The standard InChI is InChI=1S/C16H16Cl2FN/c1-2-20-16(10-11-5-3-4-6-13(11)17)12-7-8-14(18)15(19)9-12/h3-9,16,20H,2,10H2,1H3. The topological polar surface area (TPSA) is 12.0 Å². The SMILES string of the molecule is CCNC(Cc1ccccc1Cl)c1ccc(Cl)c(F)c1. The van der Waals surface area contributed by atoms with Gasteiger partial charge in [0, 0.05) is 11.1 Å². The normalized spacial score (nSPS) is 12.4. The van der Waals surface area contributed by atoms with Crippen LogP contribution in [0.3, 0.4) is 0 Å². The van der Waals surface area contributed by atoms with Gasteiger partial charge in [-0.1, -0.05) is 54.4 Å². The van der Waals surface area contributed by atoms with Crippen molar-refractivity contribution >= 4 is 23.2 Å². The minimum atomic E-state index is -0.397. The Morgan fingerprint density at radius 2 is 1.85 bits per heavy atom. The molecule has 0 aliphatic rings. The van der Waals surface area contributed by atoms with Gasteiger partial charge in [0.1, 0.15) is 5.82 Å². The number of nitrogens with one attached hydrogen (secondary N) is 1. The first-order valence-electron chi connectivity index (χ1n) is 6.53. The van der Waals surface area contributed by atoms with E-state index < -0.39 is 5.82 Å². The van der Waals surface area contributed by atoms with Crippen LogP contribution in [-0.4, -0.2) is 6.54 Å². The summed E-state index contributed by atoms with van der Waals surface area (Å²) in [7, 11) is 0.